The van der Waals surface area contributed by atoms with Crippen molar-refractivity contribution in [1.82, 2.24) is 14.5 Å². The van der Waals surface area contributed by atoms with Crippen LogP contribution in [0.15, 0.2) is 47.6 Å². The summed E-state index contributed by atoms with van der Waals surface area (Å²) in [5.41, 5.74) is 3.50. The molecule has 1 saturated carbocycles. The minimum atomic E-state index is -0.168. The first-order valence-electron chi connectivity index (χ1n) is 10.3. The number of nitrogens with zero attached hydrogens (tertiary/aromatic N) is 3. The molecule has 3 aliphatic rings. The summed E-state index contributed by atoms with van der Waals surface area (Å²) >= 11 is 0. The standard InChI is InChI=1S/C23H25FN4/c24-17-9-7-16(8-10-17)21-22(19-11-13-25-23-20(19)12-14-26-23)28(15-27-21)18-5-3-1-2-4-6-18/h7,9-10,12-15,18,26H,1-6,8,11H2. The molecule has 28 heavy (non-hydrogen) atoms. The average molecular weight is 376 g/mol. The van der Waals surface area contributed by atoms with Crippen molar-refractivity contribution in [3.63, 3.8) is 0 Å². The molecule has 0 amide bonds. The van der Waals surface area contributed by atoms with Crippen LogP contribution < -0.4 is 10.7 Å². The minimum absolute atomic E-state index is 0.168. The third-order valence-corrected chi connectivity index (χ3v) is 6.13. The van der Waals surface area contributed by atoms with Gasteiger partial charge in [0.25, 0.3) is 0 Å². The molecule has 1 fully saturated rings. The maximum atomic E-state index is 13.5. The summed E-state index contributed by atoms with van der Waals surface area (Å²) in [6.45, 7) is 0. The number of H-pyrrole nitrogens is 1. The van der Waals surface area contributed by atoms with Gasteiger partial charge < -0.3 is 9.55 Å². The van der Waals surface area contributed by atoms with Crippen LogP contribution in [0.3, 0.4) is 0 Å². The number of imidazole rings is 1. The van der Waals surface area contributed by atoms with E-state index in [1.165, 1.54) is 49.4 Å². The molecule has 0 spiro atoms. The van der Waals surface area contributed by atoms with Crippen LogP contribution in [-0.4, -0.2) is 20.7 Å². The molecule has 0 bridgehead atoms. The van der Waals surface area contributed by atoms with Crippen LogP contribution in [0.2, 0.25) is 0 Å². The van der Waals surface area contributed by atoms with E-state index in [-0.39, 0.29) is 5.83 Å². The maximum absolute atomic E-state index is 13.5. The molecule has 5 heteroatoms. The van der Waals surface area contributed by atoms with Gasteiger partial charge in [0.05, 0.1) is 17.0 Å². The molecule has 0 aromatic carbocycles. The van der Waals surface area contributed by atoms with Crippen molar-refractivity contribution in [2.24, 2.45) is 4.99 Å². The van der Waals surface area contributed by atoms with E-state index in [0.29, 0.717) is 12.5 Å². The normalized spacial score (nSPS) is 24.1. The average Bonchev–Trinajstić information content (AvgIpc) is 3.29. The van der Waals surface area contributed by atoms with Crippen LogP contribution in [0.25, 0.3) is 11.1 Å². The smallest absolute Gasteiger partial charge is 0.137 e. The fraction of sp³-hybridized carbons (Fsp3) is 0.391. The van der Waals surface area contributed by atoms with Crippen molar-refractivity contribution < 1.29 is 4.39 Å². The number of nitrogens with one attached hydrogen (secondary N) is 1. The highest BCUT2D eigenvalue weighted by Crippen LogP contribution is 2.30. The number of hydrogen-bond donors (Lipinski definition) is 1. The van der Waals surface area contributed by atoms with Crippen molar-refractivity contribution in [2.75, 3.05) is 0 Å². The molecule has 1 N–H and O–H groups in total. The Labute approximate surface area is 163 Å². The molecule has 144 valence electrons. The Balaban J connectivity index is 1.78. The van der Waals surface area contributed by atoms with Crippen molar-refractivity contribution >= 4 is 23.2 Å². The fourth-order valence-electron chi connectivity index (χ4n) is 4.68. The third kappa shape index (κ3) is 3.09. The first-order valence-corrected chi connectivity index (χ1v) is 10.3. The third-order valence-electron chi connectivity index (χ3n) is 6.13. The molecule has 4 nitrogen and oxygen atoms in total. The number of halogens is 1. The van der Waals surface area contributed by atoms with Gasteiger partial charge in [-0.2, -0.15) is 0 Å². The van der Waals surface area contributed by atoms with Crippen LogP contribution in [0.1, 0.15) is 63.0 Å². The summed E-state index contributed by atoms with van der Waals surface area (Å²) in [4.78, 5) is 12.6. The number of rotatable bonds is 1. The van der Waals surface area contributed by atoms with E-state index in [1.807, 2.05) is 24.8 Å². The Kier molecular flexibility index (Phi) is 4.59. The molecular formula is C23H25FN4. The lowest BCUT2D eigenvalue weighted by molar-refractivity contribution is 0.435. The molecular weight excluding hydrogens is 351 g/mol. The highest BCUT2D eigenvalue weighted by molar-refractivity contribution is 5.88. The largest absolute Gasteiger partial charge is 0.346 e. The second-order valence-corrected chi connectivity index (χ2v) is 7.88. The SMILES string of the molecule is FC1=CCC(=c2ncn(C3CCCCCC3)c2=C2CC=Nc3[nH]ccc32)C=C1. The summed E-state index contributed by atoms with van der Waals surface area (Å²) in [7, 11) is 0. The molecule has 0 unspecified atom stereocenters. The zero-order valence-electron chi connectivity index (χ0n) is 16.0. The topological polar surface area (TPSA) is 46.0 Å². The van der Waals surface area contributed by atoms with E-state index < -0.39 is 0 Å². The van der Waals surface area contributed by atoms with Crippen LogP contribution in [0.5, 0.6) is 0 Å². The van der Waals surface area contributed by atoms with Crippen LogP contribution in [0, 0.1) is 0 Å². The van der Waals surface area contributed by atoms with Gasteiger partial charge in [0.2, 0.25) is 0 Å². The monoisotopic (exact) mass is 376 g/mol. The van der Waals surface area contributed by atoms with Crippen LogP contribution in [0.4, 0.5) is 10.2 Å². The van der Waals surface area contributed by atoms with Gasteiger partial charge in [0, 0.05) is 30.4 Å². The highest BCUT2D eigenvalue weighted by atomic mass is 19.1. The van der Waals surface area contributed by atoms with E-state index in [2.05, 4.69) is 20.6 Å². The summed E-state index contributed by atoms with van der Waals surface area (Å²) in [6, 6.07) is 2.59. The molecule has 3 heterocycles. The number of fused-ring (bicyclic) bond motifs is 1. The molecule has 2 aliphatic carbocycles. The fourth-order valence-corrected chi connectivity index (χ4v) is 4.68. The van der Waals surface area contributed by atoms with Crippen LogP contribution >= 0.6 is 0 Å². The Morgan fingerprint density at radius 3 is 2.71 bits per heavy atom. The summed E-state index contributed by atoms with van der Waals surface area (Å²) in [5.74, 6) is 0.745. The number of allylic oxidation sites excluding steroid dienone is 4. The van der Waals surface area contributed by atoms with Gasteiger partial charge in [0.15, 0.2) is 0 Å². The lowest BCUT2D eigenvalue weighted by atomic mass is 10.00. The number of aromatic nitrogens is 3. The molecule has 2 aromatic rings. The quantitative estimate of drug-likeness (QED) is 0.738. The zero-order valence-corrected chi connectivity index (χ0v) is 16.0. The molecule has 0 radical (unpaired) electrons. The van der Waals surface area contributed by atoms with E-state index in [4.69, 9.17) is 4.98 Å². The maximum Gasteiger partial charge on any atom is 0.137 e. The molecule has 1 aliphatic heterocycles. The van der Waals surface area contributed by atoms with Gasteiger partial charge >= 0.3 is 0 Å². The van der Waals surface area contributed by atoms with Crippen molar-refractivity contribution in [2.45, 2.75) is 57.4 Å². The summed E-state index contributed by atoms with van der Waals surface area (Å²) in [5, 5.41) is 2.18. The van der Waals surface area contributed by atoms with Gasteiger partial charge in [-0.1, -0.05) is 31.8 Å². The predicted molar refractivity (Wildman–Crippen MR) is 111 cm³/mol. The molecule has 2 aromatic heterocycles. The number of aliphatic imine (C=N–C) groups is 1. The molecule has 0 atom stereocenters. The van der Waals surface area contributed by atoms with E-state index in [0.717, 1.165) is 28.7 Å². The van der Waals surface area contributed by atoms with E-state index >= 15 is 0 Å². The predicted octanol–water partition coefficient (Wildman–Crippen LogP) is 4.38. The highest BCUT2D eigenvalue weighted by Gasteiger charge is 2.21. The van der Waals surface area contributed by atoms with Crippen molar-refractivity contribution in [3.8, 4) is 0 Å². The van der Waals surface area contributed by atoms with Gasteiger partial charge in [-0.05, 0) is 48.6 Å². The Morgan fingerprint density at radius 2 is 1.93 bits per heavy atom. The summed E-state index contributed by atoms with van der Waals surface area (Å²) in [6.07, 6.45) is 20.0. The van der Waals surface area contributed by atoms with Crippen LogP contribution in [-0.2, 0) is 0 Å². The first kappa shape index (κ1) is 17.4. The second kappa shape index (κ2) is 7.38. The van der Waals surface area contributed by atoms with Gasteiger partial charge in [-0.3, -0.25) is 0 Å². The van der Waals surface area contributed by atoms with Gasteiger partial charge in [0.1, 0.15) is 11.6 Å². The van der Waals surface area contributed by atoms with Crippen molar-refractivity contribution in [1.29, 1.82) is 0 Å². The van der Waals surface area contributed by atoms with E-state index in [1.54, 1.807) is 12.2 Å². The van der Waals surface area contributed by atoms with Crippen molar-refractivity contribution in [3.05, 3.63) is 58.9 Å². The Bertz CT molecular complexity index is 1090. The number of aromatic amines is 1. The lowest BCUT2D eigenvalue weighted by Crippen LogP contribution is -2.36. The lowest BCUT2D eigenvalue weighted by Gasteiger charge is -2.19. The first-order chi connectivity index (χ1) is 13.8. The minimum Gasteiger partial charge on any atom is -0.346 e. The summed E-state index contributed by atoms with van der Waals surface area (Å²) < 4.78 is 15.9. The second-order valence-electron chi connectivity index (χ2n) is 7.88. The zero-order chi connectivity index (χ0) is 18.9. The van der Waals surface area contributed by atoms with Gasteiger partial charge in [-0.25, -0.2) is 14.4 Å². The Hall–Kier alpha value is -2.69. The Morgan fingerprint density at radius 1 is 1.07 bits per heavy atom. The molecule has 0 saturated heterocycles. The number of hydrogen-bond acceptors (Lipinski definition) is 2. The molecule has 5 rings (SSSR count). The van der Waals surface area contributed by atoms with E-state index in [9.17, 15) is 4.39 Å². The van der Waals surface area contributed by atoms with Gasteiger partial charge in [-0.15, -0.1) is 0 Å².